The van der Waals surface area contributed by atoms with Crippen LogP contribution in [-0.4, -0.2) is 24.9 Å². The summed E-state index contributed by atoms with van der Waals surface area (Å²) in [5.74, 6) is 3.87. The third-order valence-corrected chi connectivity index (χ3v) is 6.38. The molecule has 1 N–H and O–H groups in total. The zero-order valence-corrected chi connectivity index (χ0v) is 14.0. The van der Waals surface area contributed by atoms with Gasteiger partial charge in [0.2, 0.25) is 0 Å². The molecule has 0 aromatic heterocycles. The molecule has 116 valence electrons. The molecule has 1 aliphatic carbocycles. The predicted octanol–water partition coefficient (Wildman–Crippen LogP) is 4.34. The van der Waals surface area contributed by atoms with Crippen LogP contribution in [0.2, 0.25) is 0 Å². The van der Waals surface area contributed by atoms with E-state index in [2.05, 4.69) is 43.6 Å². The van der Waals surface area contributed by atoms with Crippen LogP contribution in [0.4, 0.5) is 0 Å². The number of hydrogen-bond acceptors (Lipinski definition) is 3. The molecular formula is C18H27NOS. The summed E-state index contributed by atoms with van der Waals surface area (Å²) in [6.07, 6.45) is 7.16. The number of nitrogens with one attached hydrogen (secondary N) is 1. The summed E-state index contributed by atoms with van der Waals surface area (Å²) >= 11 is 1.94. The van der Waals surface area contributed by atoms with Crippen LogP contribution >= 0.6 is 11.8 Å². The van der Waals surface area contributed by atoms with E-state index < -0.39 is 0 Å². The second-order valence-electron chi connectivity index (χ2n) is 6.42. The fourth-order valence-electron chi connectivity index (χ4n) is 3.89. The molecule has 0 amide bonds. The minimum atomic E-state index is 0.304. The molecule has 0 bridgehead atoms. The van der Waals surface area contributed by atoms with E-state index in [1.165, 1.54) is 37.0 Å². The van der Waals surface area contributed by atoms with Crippen molar-refractivity contribution < 1.29 is 4.74 Å². The molecule has 0 spiro atoms. The standard InChI is InChI=1S/C18H27NOS/c1-3-13-8-10-14(11-9-13)18(19-2)16-12-21-17-7-5-4-6-15(17)20-16/h4-7,13-14,16,18-19H,3,8-12H2,1-2H3. The lowest BCUT2D eigenvalue weighted by Gasteiger charge is -2.39. The number of para-hydroxylation sites is 1. The van der Waals surface area contributed by atoms with E-state index in [1.54, 1.807) is 0 Å². The van der Waals surface area contributed by atoms with Gasteiger partial charge in [-0.1, -0.05) is 38.3 Å². The van der Waals surface area contributed by atoms with Gasteiger partial charge < -0.3 is 10.1 Å². The first-order valence-electron chi connectivity index (χ1n) is 8.37. The summed E-state index contributed by atoms with van der Waals surface area (Å²) in [4.78, 5) is 1.29. The lowest BCUT2D eigenvalue weighted by Crippen LogP contribution is -2.49. The molecule has 2 atom stereocenters. The number of ether oxygens (including phenoxy) is 1. The van der Waals surface area contributed by atoms with Gasteiger partial charge in [-0.2, -0.15) is 0 Å². The van der Waals surface area contributed by atoms with Gasteiger partial charge in [0.25, 0.3) is 0 Å². The molecule has 1 heterocycles. The molecule has 3 heteroatoms. The van der Waals surface area contributed by atoms with E-state index in [1.807, 2.05) is 11.8 Å². The number of fused-ring (bicyclic) bond motifs is 1. The maximum absolute atomic E-state index is 6.31. The maximum atomic E-state index is 6.31. The molecule has 2 aliphatic rings. The van der Waals surface area contributed by atoms with Crippen molar-refractivity contribution in [2.24, 2.45) is 11.8 Å². The Kier molecular flexibility index (Phi) is 5.12. The highest BCUT2D eigenvalue weighted by atomic mass is 32.2. The fraction of sp³-hybridized carbons (Fsp3) is 0.667. The summed E-state index contributed by atoms with van der Waals surface area (Å²) in [5, 5.41) is 3.57. The first-order chi connectivity index (χ1) is 10.3. The second kappa shape index (κ2) is 7.06. The summed E-state index contributed by atoms with van der Waals surface area (Å²) in [6.45, 7) is 2.33. The predicted molar refractivity (Wildman–Crippen MR) is 90.2 cm³/mol. The van der Waals surface area contributed by atoms with Crippen LogP contribution < -0.4 is 10.1 Å². The Balaban J connectivity index is 1.65. The number of rotatable bonds is 4. The van der Waals surface area contributed by atoms with Gasteiger partial charge in [0, 0.05) is 16.7 Å². The molecule has 21 heavy (non-hydrogen) atoms. The largest absolute Gasteiger partial charge is 0.487 e. The minimum Gasteiger partial charge on any atom is -0.487 e. The summed E-state index contributed by atoms with van der Waals surface area (Å²) < 4.78 is 6.31. The first-order valence-corrected chi connectivity index (χ1v) is 9.36. The molecule has 1 fully saturated rings. The van der Waals surface area contributed by atoms with Gasteiger partial charge in [0.05, 0.1) is 0 Å². The molecule has 1 saturated carbocycles. The Morgan fingerprint density at radius 2 is 2.00 bits per heavy atom. The highest BCUT2D eigenvalue weighted by Crippen LogP contribution is 2.39. The number of benzene rings is 1. The van der Waals surface area contributed by atoms with Crippen LogP contribution in [-0.2, 0) is 0 Å². The first kappa shape index (κ1) is 15.2. The zero-order valence-electron chi connectivity index (χ0n) is 13.2. The van der Waals surface area contributed by atoms with E-state index in [-0.39, 0.29) is 0 Å². The Morgan fingerprint density at radius 1 is 1.24 bits per heavy atom. The van der Waals surface area contributed by atoms with Crippen molar-refractivity contribution in [2.75, 3.05) is 12.8 Å². The molecule has 2 nitrogen and oxygen atoms in total. The lowest BCUT2D eigenvalue weighted by molar-refractivity contribution is 0.109. The highest BCUT2D eigenvalue weighted by Gasteiger charge is 2.34. The summed E-state index contributed by atoms with van der Waals surface area (Å²) in [5.41, 5.74) is 0. The number of thioether (sulfide) groups is 1. The van der Waals surface area contributed by atoms with Crippen LogP contribution in [0.3, 0.4) is 0 Å². The molecule has 1 aliphatic heterocycles. The van der Waals surface area contributed by atoms with Crippen molar-refractivity contribution in [1.29, 1.82) is 0 Å². The van der Waals surface area contributed by atoms with Crippen molar-refractivity contribution in [1.82, 2.24) is 5.32 Å². The minimum absolute atomic E-state index is 0.304. The van der Waals surface area contributed by atoms with Crippen molar-refractivity contribution in [3.63, 3.8) is 0 Å². The Morgan fingerprint density at radius 3 is 2.71 bits per heavy atom. The van der Waals surface area contributed by atoms with E-state index in [9.17, 15) is 0 Å². The quantitative estimate of drug-likeness (QED) is 0.894. The molecule has 1 aromatic rings. The van der Waals surface area contributed by atoms with Gasteiger partial charge >= 0.3 is 0 Å². The van der Waals surface area contributed by atoms with Crippen molar-refractivity contribution in [3.05, 3.63) is 24.3 Å². The van der Waals surface area contributed by atoms with Gasteiger partial charge in [-0.15, -0.1) is 11.8 Å². The fourth-order valence-corrected chi connectivity index (χ4v) is 4.95. The molecule has 2 unspecified atom stereocenters. The molecule has 1 aromatic carbocycles. The summed E-state index contributed by atoms with van der Waals surface area (Å²) in [6, 6.07) is 8.93. The SMILES string of the molecule is CCC1CCC(C(NC)C2CSc3ccccc3O2)CC1. The van der Waals surface area contributed by atoms with Crippen LogP contribution in [0.25, 0.3) is 0 Å². The highest BCUT2D eigenvalue weighted by molar-refractivity contribution is 7.99. The van der Waals surface area contributed by atoms with Gasteiger partial charge in [-0.25, -0.2) is 0 Å². The molecule has 0 radical (unpaired) electrons. The van der Waals surface area contributed by atoms with Gasteiger partial charge in [-0.3, -0.25) is 0 Å². The number of hydrogen-bond donors (Lipinski definition) is 1. The average Bonchev–Trinajstić information content (AvgIpc) is 2.56. The Hall–Kier alpha value is -0.670. The Labute approximate surface area is 133 Å². The second-order valence-corrected chi connectivity index (χ2v) is 7.48. The molecule has 3 rings (SSSR count). The molecular weight excluding hydrogens is 278 g/mol. The summed E-state index contributed by atoms with van der Waals surface area (Å²) in [7, 11) is 2.10. The van der Waals surface area contributed by atoms with Crippen LogP contribution in [0.5, 0.6) is 5.75 Å². The van der Waals surface area contributed by atoms with E-state index >= 15 is 0 Å². The van der Waals surface area contributed by atoms with Gasteiger partial charge in [0.1, 0.15) is 11.9 Å². The monoisotopic (exact) mass is 305 g/mol. The lowest BCUT2D eigenvalue weighted by atomic mass is 9.76. The van der Waals surface area contributed by atoms with Crippen molar-refractivity contribution >= 4 is 11.8 Å². The number of likely N-dealkylation sites (N-methyl/N-ethyl adjacent to an activating group) is 1. The third-order valence-electron chi connectivity index (χ3n) is 5.24. The van der Waals surface area contributed by atoms with E-state index in [4.69, 9.17) is 4.74 Å². The van der Waals surface area contributed by atoms with Gasteiger partial charge in [-0.05, 0) is 43.9 Å². The van der Waals surface area contributed by atoms with E-state index in [0.29, 0.717) is 12.1 Å². The van der Waals surface area contributed by atoms with Gasteiger partial charge in [0.15, 0.2) is 0 Å². The van der Waals surface area contributed by atoms with E-state index in [0.717, 1.165) is 23.3 Å². The van der Waals surface area contributed by atoms with Crippen LogP contribution in [0.1, 0.15) is 39.0 Å². The Bertz CT molecular complexity index is 456. The smallest absolute Gasteiger partial charge is 0.133 e. The van der Waals surface area contributed by atoms with Crippen molar-refractivity contribution in [2.45, 2.75) is 56.1 Å². The normalized spacial score (nSPS) is 30.3. The molecule has 0 saturated heterocycles. The average molecular weight is 305 g/mol. The third kappa shape index (κ3) is 3.40. The topological polar surface area (TPSA) is 21.3 Å². The van der Waals surface area contributed by atoms with Crippen LogP contribution in [0.15, 0.2) is 29.2 Å². The van der Waals surface area contributed by atoms with Crippen LogP contribution in [0, 0.1) is 11.8 Å². The maximum Gasteiger partial charge on any atom is 0.133 e. The zero-order chi connectivity index (χ0) is 14.7. The van der Waals surface area contributed by atoms with Crippen molar-refractivity contribution in [3.8, 4) is 5.75 Å².